The molecule has 0 amide bonds. The number of sulfonamides is 1. The molecule has 0 saturated carbocycles. The number of alkyl halides is 3. The summed E-state index contributed by atoms with van der Waals surface area (Å²) in [6.45, 7) is 0. The number of nitro benzene ring substituents is 1. The van der Waals surface area contributed by atoms with Gasteiger partial charge >= 0.3 is 6.18 Å². The largest absolute Gasteiger partial charge is 0.416 e. The van der Waals surface area contributed by atoms with Gasteiger partial charge in [0.1, 0.15) is 0 Å². The molecule has 1 heterocycles. The molecule has 0 saturated heterocycles. The Morgan fingerprint density at radius 1 is 1.05 bits per heavy atom. The Kier molecular flexibility index (Phi) is 6.15. The van der Waals surface area contributed by atoms with E-state index in [2.05, 4.69) is 10.0 Å². The van der Waals surface area contributed by atoms with Crippen LogP contribution in [0.4, 0.5) is 30.2 Å². The highest BCUT2D eigenvalue weighted by Gasteiger charge is 2.40. The van der Waals surface area contributed by atoms with E-state index in [1.54, 1.807) is 6.07 Å². The number of nitro groups is 1. The molecular formula is C25H19ClF3N3O4S. The van der Waals surface area contributed by atoms with Crippen LogP contribution in [0.3, 0.4) is 0 Å². The molecule has 12 heteroatoms. The maximum atomic E-state index is 13.1. The summed E-state index contributed by atoms with van der Waals surface area (Å²) in [5, 5.41) is 15.0. The molecule has 192 valence electrons. The van der Waals surface area contributed by atoms with Crippen molar-refractivity contribution in [2.75, 3.05) is 10.0 Å². The van der Waals surface area contributed by atoms with Crippen LogP contribution in [0.1, 0.15) is 35.1 Å². The standard InChI is InChI=1S/C25H19ClF3N3O4S/c26-22-9-7-16(32(33)34)12-21(22)24-19-6-2-5-18(19)20-13-17(8-10-23(20)30-24)37(35,36)31-15-4-1-3-14(11-15)25(27,28)29/h1-5,7-13,18-19,24,30-31H,6H2/t18-,19+,24-/m0/s1. The number of anilines is 2. The first-order chi connectivity index (χ1) is 17.4. The predicted molar refractivity (Wildman–Crippen MR) is 133 cm³/mol. The van der Waals surface area contributed by atoms with Crippen molar-refractivity contribution >= 4 is 38.7 Å². The van der Waals surface area contributed by atoms with E-state index in [0.29, 0.717) is 28.3 Å². The molecule has 0 spiro atoms. The van der Waals surface area contributed by atoms with Gasteiger partial charge in [0.2, 0.25) is 0 Å². The van der Waals surface area contributed by atoms with Gasteiger partial charge in [-0.15, -0.1) is 0 Å². The molecule has 0 radical (unpaired) electrons. The summed E-state index contributed by atoms with van der Waals surface area (Å²) in [7, 11) is -4.19. The highest BCUT2D eigenvalue weighted by molar-refractivity contribution is 7.92. The Hall–Kier alpha value is -3.57. The van der Waals surface area contributed by atoms with Crippen LogP contribution in [0.2, 0.25) is 5.02 Å². The fraction of sp³-hybridized carbons (Fsp3) is 0.200. The van der Waals surface area contributed by atoms with Crippen molar-refractivity contribution in [3.05, 3.63) is 105 Å². The first-order valence-corrected chi connectivity index (χ1v) is 13.0. The Bertz CT molecular complexity index is 1540. The average molecular weight is 550 g/mol. The predicted octanol–water partition coefficient (Wildman–Crippen LogP) is 6.89. The normalized spacial score (nSPS) is 20.6. The smallest absolute Gasteiger partial charge is 0.378 e. The average Bonchev–Trinajstić information content (AvgIpc) is 3.33. The van der Waals surface area contributed by atoms with E-state index in [1.165, 1.54) is 36.4 Å². The molecule has 3 aromatic carbocycles. The molecule has 0 bridgehead atoms. The van der Waals surface area contributed by atoms with Crippen molar-refractivity contribution in [2.24, 2.45) is 5.92 Å². The van der Waals surface area contributed by atoms with E-state index in [-0.39, 0.29) is 34.1 Å². The second kappa shape index (κ2) is 9.07. The molecule has 2 aliphatic rings. The lowest BCUT2D eigenvalue weighted by Crippen LogP contribution is -2.29. The number of nitrogens with zero attached hydrogens (tertiary/aromatic N) is 1. The SMILES string of the molecule is O=[N+]([O-])c1ccc(Cl)c([C@H]2Nc3ccc(S(=O)(=O)Nc4cccc(C(F)(F)F)c4)cc3[C@H]3C=CC[C@H]32)c1. The lowest BCUT2D eigenvalue weighted by molar-refractivity contribution is -0.384. The molecular weight excluding hydrogens is 531 g/mol. The Morgan fingerprint density at radius 2 is 1.84 bits per heavy atom. The van der Waals surface area contributed by atoms with Crippen LogP contribution in [0.5, 0.6) is 0 Å². The van der Waals surface area contributed by atoms with Crippen molar-refractivity contribution in [1.82, 2.24) is 0 Å². The fourth-order valence-corrected chi connectivity index (χ4v) is 6.22. The summed E-state index contributed by atoms with van der Waals surface area (Å²) in [4.78, 5) is 10.7. The van der Waals surface area contributed by atoms with Gasteiger partial charge in [-0.05, 0) is 60.4 Å². The van der Waals surface area contributed by atoms with Crippen LogP contribution in [0.25, 0.3) is 0 Å². The topological polar surface area (TPSA) is 101 Å². The summed E-state index contributed by atoms with van der Waals surface area (Å²) in [5.74, 6) is -0.276. The maximum absolute atomic E-state index is 13.1. The van der Waals surface area contributed by atoms with Crippen LogP contribution in [0.15, 0.2) is 77.7 Å². The molecule has 1 aliphatic carbocycles. The lowest BCUT2D eigenvalue weighted by atomic mass is 9.77. The minimum Gasteiger partial charge on any atom is -0.378 e. The molecule has 3 atom stereocenters. The van der Waals surface area contributed by atoms with E-state index in [0.717, 1.165) is 18.2 Å². The highest BCUT2D eigenvalue weighted by atomic mass is 35.5. The zero-order chi connectivity index (χ0) is 26.5. The van der Waals surface area contributed by atoms with Crippen molar-refractivity contribution < 1.29 is 26.5 Å². The van der Waals surface area contributed by atoms with Crippen LogP contribution in [-0.2, 0) is 16.2 Å². The third-order valence-corrected chi connectivity index (χ3v) is 8.34. The molecule has 0 fully saturated rings. The molecule has 3 aromatic rings. The number of halogens is 4. The lowest BCUT2D eigenvalue weighted by Gasteiger charge is -2.38. The third kappa shape index (κ3) is 4.76. The number of nitrogens with one attached hydrogen (secondary N) is 2. The first-order valence-electron chi connectivity index (χ1n) is 11.1. The van der Waals surface area contributed by atoms with Crippen molar-refractivity contribution in [3.8, 4) is 0 Å². The molecule has 37 heavy (non-hydrogen) atoms. The summed E-state index contributed by atoms with van der Waals surface area (Å²) in [5.41, 5.74) is 0.651. The number of benzene rings is 3. The highest BCUT2D eigenvalue weighted by Crippen LogP contribution is 2.51. The Labute approximate surface area is 215 Å². The Morgan fingerprint density at radius 3 is 2.57 bits per heavy atom. The Balaban J connectivity index is 1.48. The number of non-ortho nitro benzene ring substituents is 1. The van der Waals surface area contributed by atoms with Gasteiger partial charge in [0.05, 0.1) is 21.4 Å². The van der Waals surface area contributed by atoms with Crippen LogP contribution in [-0.4, -0.2) is 13.3 Å². The third-order valence-electron chi connectivity index (χ3n) is 6.61. The number of fused-ring (bicyclic) bond motifs is 3. The zero-order valence-corrected chi connectivity index (χ0v) is 20.4. The quantitative estimate of drug-likeness (QED) is 0.205. The van der Waals surface area contributed by atoms with E-state index in [1.807, 2.05) is 12.2 Å². The first kappa shape index (κ1) is 25.1. The molecule has 0 aromatic heterocycles. The van der Waals surface area contributed by atoms with Crippen LogP contribution < -0.4 is 10.0 Å². The fourth-order valence-electron chi connectivity index (χ4n) is 4.90. The van der Waals surface area contributed by atoms with E-state index in [4.69, 9.17) is 11.6 Å². The number of rotatable bonds is 5. The van der Waals surface area contributed by atoms with Gasteiger partial charge in [-0.2, -0.15) is 13.2 Å². The van der Waals surface area contributed by atoms with E-state index < -0.39 is 26.7 Å². The number of allylic oxidation sites excluding steroid dienone is 2. The summed E-state index contributed by atoms with van der Waals surface area (Å²) in [6.07, 6.45) is -0.0483. The van der Waals surface area contributed by atoms with Gasteiger partial charge in [-0.25, -0.2) is 8.42 Å². The van der Waals surface area contributed by atoms with Crippen LogP contribution in [0, 0.1) is 16.0 Å². The molecule has 5 rings (SSSR count). The number of hydrogen-bond donors (Lipinski definition) is 2. The molecule has 0 unspecified atom stereocenters. The van der Waals surface area contributed by atoms with Crippen LogP contribution >= 0.6 is 11.6 Å². The van der Waals surface area contributed by atoms with Crippen molar-refractivity contribution in [1.29, 1.82) is 0 Å². The molecule has 1 aliphatic heterocycles. The molecule has 7 nitrogen and oxygen atoms in total. The van der Waals surface area contributed by atoms with Gasteiger partial charge in [-0.1, -0.05) is 29.8 Å². The van der Waals surface area contributed by atoms with Gasteiger partial charge in [0.25, 0.3) is 15.7 Å². The van der Waals surface area contributed by atoms with Gasteiger partial charge in [0.15, 0.2) is 0 Å². The van der Waals surface area contributed by atoms with Crippen molar-refractivity contribution in [2.45, 2.75) is 29.5 Å². The van der Waals surface area contributed by atoms with Gasteiger partial charge in [-0.3, -0.25) is 14.8 Å². The summed E-state index contributed by atoms with van der Waals surface area (Å²) in [6, 6.07) is 12.3. The maximum Gasteiger partial charge on any atom is 0.416 e. The second-order valence-corrected chi connectivity index (χ2v) is 11.0. The second-order valence-electron chi connectivity index (χ2n) is 8.87. The monoisotopic (exact) mass is 549 g/mol. The number of hydrogen-bond acceptors (Lipinski definition) is 5. The summed E-state index contributed by atoms with van der Waals surface area (Å²) >= 11 is 6.41. The zero-order valence-electron chi connectivity index (χ0n) is 18.9. The van der Waals surface area contributed by atoms with Gasteiger partial charge in [0, 0.05) is 40.0 Å². The minimum absolute atomic E-state index is 0.0821. The van der Waals surface area contributed by atoms with E-state index in [9.17, 15) is 31.7 Å². The summed E-state index contributed by atoms with van der Waals surface area (Å²) < 4.78 is 67.5. The van der Waals surface area contributed by atoms with Crippen molar-refractivity contribution in [3.63, 3.8) is 0 Å². The van der Waals surface area contributed by atoms with Gasteiger partial charge < -0.3 is 5.32 Å². The minimum atomic E-state index is -4.61. The molecule has 2 N–H and O–H groups in total. The van der Waals surface area contributed by atoms with E-state index >= 15 is 0 Å².